The van der Waals surface area contributed by atoms with E-state index in [1.807, 2.05) is 0 Å². The molecule has 140 valence electrons. The molecule has 0 aliphatic rings. The van der Waals surface area contributed by atoms with Crippen molar-refractivity contribution in [2.24, 2.45) is 5.92 Å². The Morgan fingerprint density at radius 2 is 2.08 bits per heavy atom. The molecule has 0 spiro atoms. The summed E-state index contributed by atoms with van der Waals surface area (Å²) in [6.45, 7) is 6.56. The molecule has 0 radical (unpaired) electrons. The highest BCUT2D eigenvalue weighted by atomic mass is 35.5. The lowest BCUT2D eigenvalue weighted by Gasteiger charge is -2.16. The fourth-order valence-electron chi connectivity index (χ4n) is 2.56. The van der Waals surface area contributed by atoms with E-state index in [0.717, 1.165) is 0 Å². The van der Waals surface area contributed by atoms with Gasteiger partial charge in [-0.3, -0.25) is 9.48 Å². The Bertz CT molecular complexity index is 817. The fraction of sp³-hybridized carbons (Fsp3) is 0.389. The number of carbonyl (C=O) groups is 2. The molecule has 7 nitrogen and oxygen atoms in total. The number of nitrogens with zero attached hydrogens (tertiary/aromatic N) is 2. The van der Waals surface area contributed by atoms with Crippen molar-refractivity contribution in [3.8, 4) is 5.75 Å². The number of ether oxygens (including phenoxy) is 1. The van der Waals surface area contributed by atoms with Crippen LogP contribution in [-0.2, 0) is 11.3 Å². The molecule has 8 heteroatoms. The number of halogens is 1. The molecule has 2 rings (SSSR count). The SMILES string of the molecule is COc1ccc(C(NC(=O)c2cnn(CC(C)C)c2C)C(=O)O)cc1Cl. The molecular weight excluding hydrogens is 358 g/mol. The molecule has 1 heterocycles. The second kappa shape index (κ2) is 8.23. The van der Waals surface area contributed by atoms with Gasteiger partial charge in [0.05, 0.1) is 23.9 Å². The summed E-state index contributed by atoms with van der Waals surface area (Å²) in [5.74, 6) is -0.891. The first-order valence-corrected chi connectivity index (χ1v) is 8.51. The molecule has 0 saturated carbocycles. The average Bonchev–Trinajstić information content (AvgIpc) is 2.92. The lowest BCUT2D eigenvalue weighted by atomic mass is 10.1. The summed E-state index contributed by atoms with van der Waals surface area (Å²) >= 11 is 6.06. The van der Waals surface area contributed by atoms with E-state index in [1.54, 1.807) is 23.7 Å². The van der Waals surface area contributed by atoms with Crippen LogP contribution in [0.25, 0.3) is 0 Å². The molecule has 0 aliphatic heterocycles. The summed E-state index contributed by atoms with van der Waals surface area (Å²) in [5, 5.41) is 16.5. The van der Waals surface area contributed by atoms with Gasteiger partial charge in [-0.2, -0.15) is 5.10 Å². The van der Waals surface area contributed by atoms with Crippen LogP contribution in [0, 0.1) is 12.8 Å². The smallest absolute Gasteiger partial charge is 0.330 e. The van der Waals surface area contributed by atoms with Crippen molar-refractivity contribution in [3.05, 3.63) is 46.2 Å². The van der Waals surface area contributed by atoms with Crippen molar-refractivity contribution in [1.82, 2.24) is 15.1 Å². The third-order valence-electron chi connectivity index (χ3n) is 3.92. The molecule has 0 bridgehead atoms. The van der Waals surface area contributed by atoms with E-state index >= 15 is 0 Å². The third kappa shape index (κ3) is 4.35. The maximum Gasteiger partial charge on any atom is 0.330 e. The van der Waals surface area contributed by atoms with Gasteiger partial charge in [-0.1, -0.05) is 31.5 Å². The molecule has 2 N–H and O–H groups in total. The van der Waals surface area contributed by atoms with E-state index in [-0.39, 0.29) is 5.02 Å². The number of carbonyl (C=O) groups excluding carboxylic acids is 1. The molecule has 1 aromatic heterocycles. The Balaban J connectivity index is 2.25. The predicted octanol–water partition coefficient (Wildman–Crippen LogP) is 3.07. The number of aliphatic carboxylic acids is 1. The van der Waals surface area contributed by atoms with Crippen LogP contribution in [0.1, 0.15) is 41.5 Å². The minimum atomic E-state index is -1.24. The van der Waals surface area contributed by atoms with Gasteiger partial charge in [-0.15, -0.1) is 0 Å². The van der Waals surface area contributed by atoms with Gasteiger partial charge in [0.2, 0.25) is 0 Å². The van der Waals surface area contributed by atoms with E-state index in [4.69, 9.17) is 16.3 Å². The van der Waals surface area contributed by atoms with Crippen molar-refractivity contribution in [3.63, 3.8) is 0 Å². The number of methoxy groups -OCH3 is 1. The van der Waals surface area contributed by atoms with Crippen molar-refractivity contribution in [2.45, 2.75) is 33.4 Å². The molecule has 1 amide bonds. The number of carboxylic acid groups (broad SMARTS) is 1. The van der Waals surface area contributed by atoms with E-state index < -0.39 is 17.9 Å². The molecular formula is C18H22ClN3O4. The van der Waals surface area contributed by atoms with E-state index in [2.05, 4.69) is 24.3 Å². The zero-order chi connectivity index (χ0) is 19.4. The molecule has 0 fully saturated rings. The number of benzene rings is 1. The standard InChI is InChI=1S/C18H22ClN3O4/c1-10(2)9-22-11(3)13(8-20-22)17(23)21-16(18(24)25)12-5-6-15(26-4)14(19)7-12/h5-8,10,16H,9H2,1-4H3,(H,21,23)(H,24,25). The summed E-state index contributed by atoms with van der Waals surface area (Å²) in [7, 11) is 1.47. The van der Waals surface area contributed by atoms with Gasteiger partial charge in [-0.25, -0.2) is 4.79 Å². The molecule has 0 saturated heterocycles. The Morgan fingerprint density at radius 1 is 1.38 bits per heavy atom. The van der Waals surface area contributed by atoms with Crippen LogP contribution < -0.4 is 10.1 Å². The maximum absolute atomic E-state index is 12.6. The number of hydrogen-bond acceptors (Lipinski definition) is 4. The summed E-state index contributed by atoms with van der Waals surface area (Å²) < 4.78 is 6.80. The van der Waals surface area contributed by atoms with Crippen LogP contribution in [0.15, 0.2) is 24.4 Å². The molecule has 2 aromatic rings. The van der Waals surface area contributed by atoms with Gasteiger partial charge in [0, 0.05) is 12.2 Å². The Hall–Kier alpha value is -2.54. The quantitative estimate of drug-likeness (QED) is 0.771. The number of amides is 1. The van der Waals surface area contributed by atoms with Crippen LogP contribution >= 0.6 is 11.6 Å². The Labute approximate surface area is 156 Å². The van der Waals surface area contributed by atoms with Crippen LogP contribution in [0.3, 0.4) is 0 Å². The molecule has 1 unspecified atom stereocenters. The van der Waals surface area contributed by atoms with Crippen LogP contribution in [0.5, 0.6) is 5.75 Å². The molecule has 1 atom stereocenters. The summed E-state index contributed by atoms with van der Waals surface area (Å²) in [6, 6.07) is 3.35. The first-order chi connectivity index (χ1) is 12.2. The molecule has 0 aliphatic carbocycles. The summed E-state index contributed by atoms with van der Waals surface area (Å²) in [5.41, 5.74) is 1.38. The summed E-state index contributed by atoms with van der Waals surface area (Å²) in [6.07, 6.45) is 1.45. The molecule has 1 aromatic carbocycles. The Kier molecular flexibility index (Phi) is 6.26. The first-order valence-electron chi connectivity index (χ1n) is 8.14. The topological polar surface area (TPSA) is 93.5 Å². The lowest BCUT2D eigenvalue weighted by molar-refractivity contribution is -0.139. The van der Waals surface area contributed by atoms with Crippen LogP contribution in [0.4, 0.5) is 0 Å². The maximum atomic E-state index is 12.6. The van der Waals surface area contributed by atoms with Crippen LogP contribution in [-0.4, -0.2) is 33.9 Å². The predicted molar refractivity (Wildman–Crippen MR) is 97.6 cm³/mol. The number of nitrogens with one attached hydrogen (secondary N) is 1. The van der Waals surface area contributed by atoms with Gasteiger partial charge < -0.3 is 15.2 Å². The highest BCUT2D eigenvalue weighted by Gasteiger charge is 2.25. The van der Waals surface area contributed by atoms with Crippen molar-refractivity contribution in [1.29, 1.82) is 0 Å². The average molecular weight is 380 g/mol. The first kappa shape index (κ1) is 19.8. The van der Waals surface area contributed by atoms with E-state index in [1.165, 1.54) is 19.4 Å². The zero-order valence-corrected chi connectivity index (χ0v) is 15.9. The highest BCUT2D eigenvalue weighted by molar-refractivity contribution is 6.32. The minimum absolute atomic E-state index is 0.270. The number of hydrogen-bond donors (Lipinski definition) is 2. The molecule has 26 heavy (non-hydrogen) atoms. The number of rotatable bonds is 7. The minimum Gasteiger partial charge on any atom is -0.495 e. The van der Waals surface area contributed by atoms with Gasteiger partial charge >= 0.3 is 5.97 Å². The second-order valence-corrected chi connectivity index (χ2v) is 6.77. The van der Waals surface area contributed by atoms with E-state index in [9.17, 15) is 14.7 Å². The highest BCUT2D eigenvalue weighted by Crippen LogP contribution is 2.28. The second-order valence-electron chi connectivity index (χ2n) is 6.36. The number of aromatic nitrogens is 2. The normalized spacial score (nSPS) is 12.1. The van der Waals surface area contributed by atoms with Gasteiger partial charge in [0.25, 0.3) is 5.91 Å². The Morgan fingerprint density at radius 3 is 2.62 bits per heavy atom. The zero-order valence-electron chi connectivity index (χ0n) is 15.1. The van der Waals surface area contributed by atoms with Gasteiger partial charge in [0.1, 0.15) is 5.75 Å². The van der Waals surface area contributed by atoms with Crippen molar-refractivity contribution < 1.29 is 19.4 Å². The van der Waals surface area contributed by atoms with Crippen molar-refractivity contribution in [2.75, 3.05) is 7.11 Å². The number of carboxylic acids is 1. The van der Waals surface area contributed by atoms with Crippen molar-refractivity contribution >= 4 is 23.5 Å². The summed E-state index contributed by atoms with van der Waals surface area (Å²) in [4.78, 5) is 24.2. The van der Waals surface area contributed by atoms with E-state index in [0.29, 0.717) is 35.0 Å². The monoisotopic (exact) mass is 379 g/mol. The fourth-order valence-corrected chi connectivity index (χ4v) is 2.82. The van der Waals surface area contributed by atoms with Crippen LogP contribution in [0.2, 0.25) is 5.02 Å². The third-order valence-corrected chi connectivity index (χ3v) is 4.21. The lowest BCUT2D eigenvalue weighted by Crippen LogP contribution is -2.34. The largest absolute Gasteiger partial charge is 0.495 e. The van der Waals surface area contributed by atoms with Gasteiger partial charge in [0.15, 0.2) is 6.04 Å². The van der Waals surface area contributed by atoms with Gasteiger partial charge in [-0.05, 0) is 30.5 Å².